The van der Waals surface area contributed by atoms with Crippen molar-refractivity contribution in [1.29, 1.82) is 0 Å². The van der Waals surface area contributed by atoms with Crippen LogP contribution in [0.15, 0.2) is 42.5 Å². The zero-order chi connectivity index (χ0) is 16.4. The third kappa shape index (κ3) is 3.27. The lowest BCUT2D eigenvalue weighted by molar-refractivity contribution is -0.0139. The van der Waals surface area contributed by atoms with Gasteiger partial charge in [-0.1, -0.05) is 53.5 Å². The minimum absolute atomic E-state index is 0.430. The van der Waals surface area contributed by atoms with E-state index in [1.54, 1.807) is 0 Å². The summed E-state index contributed by atoms with van der Waals surface area (Å²) in [5, 5.41) is 1.15. The molecule has 0 aliphatic carbocycles. The van der Waals surface area contributed by atoms with Gasteiger partial charge in [-0.25, -0.2) is 0 Å². The highest BCUT2D eigenvalue weighted by Gasteiger charge is 2.41. The summed E-state index contributed by atoms with van der Waals surface area (Å²) in [6, 6.07) is 14.3. The molecule has 2 nitrogen and oxygen atoms in total. The number of benzene rings is 2. The molecule has 1 atom stereocenters. The van der Waals surface area contributed by atoms with Crippen molar-refractivity contribution in [3.05, 3.63) is 69.2 Å². The first-order valence-corrected chi connectivity index (χ1v) is 8.61. The van der Waals surface area contributed by atoms with Crippen molar-refractivity contribution in [1.82, 2.24) is 4.90 Å². The summed E-state index contributed by atoms with van der Waals surface area (Å²) in [6.07, 6.45) is 1.96. The SMILES string of the molecule is CN(C)CCCC1(c2ccc(Cl)c(Cl)c2)OCc2ccccc21. The summed E-state index contributed by atoms with van der Waals surface area (Å²) in [6.45, 7) is 1.66. The Balaban J connectivity index is 2.02. The smallest absolute Gasteiger partial charge is 0.119 e. The van der Waals surface area contributed by atoms with Crippen molar-refractivity contribution in [2.24, 2.45) is 0 Å². The second kappa shape index (κ2) is 6.82. The van der Waals surface area contributed by atoms with Gasteiger partial charge in [0.15, 0.2) is 0 Å². The summed E-state index contributed by atoms with van der Waals surface area (Å²) in [4.78, 5) is 2.20. The molecule has 1 aliphatic rings. The Morgan fingerprint density at radius 3 is 2.61 bits per heavy atom. The molecule has 1 unspecified atom stereocenters. The van der Waals surface area contributed by atoms with Crippen molar-refractivity contribution in [3.8, 4) is 0 Å². The summed E-state index contributed by atoms with van der Waals surface area (Å²) in [5.74, 6) is 0. The van der Waals surface area contributed by atoms with Crippen molar-refractivity contribution in [3.63, 3.8) is 0 Å². The predicted molar refractivity (Wildman–Crippen MR) is 96.3 cm³/mol. The topological polar surface area (TPSA) is 12.5 Å². The van der Waals surface area contributed by atoms with Crippen molar-refractivity contribution in [2.45, 2.75) is 25.0 Å². The van der Waals surface area contributed by atoms with E-state index in [1.807, 2.05) is 18.2 Å². The zero-order valence-electron chi connectivity index (χ0n) is 13.5. The molecule has 122 valence electrons. The lowest BCUT2D eigenvalue weighted by Crippen LogP contribution is -2.28. The van der Waals surface area contributed by atoms with Crippen LogP contribution in [0.1, 0.15) is 29.5 Å². The fourth-order valence-electron chi connectivity index (χ4n) is 3.30. The first kappa shape index (κ1) is 16.8. The molecule has 0 saturated heterocycles. The Hall–Kier alpha value is -1.06. The Kier molecular flexibility index (Phi) is 4.98. The van der Waals surface area contributed by atoms with Gasteiger partial charge < -0.3 is 9.64 Å². The molecule has 0 fully saturated rings. The third-order valence-electron chi connectivity index (χ3n) is 4.45. The third-order valence-corrected chi connectivity index (χ3v) is 5.19. The monoisotopic (exact) mass is 349 g/mol. The van der Waals surface area contributed by atoms with Gasteiger partial charge in [-0.05, 0) is 62.3 Å². The van der Waals surface area contributed by atoms with Crippen LogP contribution >= 0.6 is 23.2 Å². The highest BCUT2D eigenvalue weighted by atomic mass is 35.5. The molecule has 23 heavy (non-hydrogen) atoms. The second-order valence-electron chi connectivity index (χ2n) is 6.31. The summed E-state index contributed by atoms with van der Waals surface area (Å²) < 4.78 is 6.35. The number of fused-ring (bicyclic) bond motifs is 1. The largest absolute Gasteiger partial charge is 0.361 e. The number of nitrogens with zero attached hydrogens (tertiary/aromatic N) is 1. The summed E-state index contributed by atoms with van der Waals surface area (Å²) in [5.41, 5.74) is 3.15. The van der Waals surface area contributed by atoms with Crippen molar-refractivity contribution in [2.75, 3.05) is 20.6 Å². The van der Waals surface area contributed by atoms with E-state index >= 15 is 0 Å². The molecule has 4 heteroatoms. The van der Waals surface area contributed by atoms with Gasteiger partial charge in [0, 0.05) is 0 Å². The van der Waals surface area contributed by atoms with Gasteiger partial charge in [0.25, 0.3) is 0 Å². The van der Waals surface area contributed by atoms with E-state index in [0.717, 1.165) is 24.9 Å². The predicted octanol–water partition coefficient (Wildman–Crippen LogP) is 5.11. The molecule has 2 aromatic carbocycles. The Labute approximate surface area is 148 Å². The number of rotatable bonds is 5. The van der Waals surface area contributed by atoms with Gasteiger partial charge in [0.05, 0.1) is 16.7 Å². The molecule has 0 saturated carbocycles. The van der Waals surface area contributed by atoms with E-state index in [-0.39, 0.29) is 0 Å². The number of ether oxygens (including phenoxy) is 1. The van der Waals surface area contributed by atoms with E-state index in [0.29, 0.717) is 16.7 Å². The van der Waals surface area contributed by atoms with E-state index in [4.69, 9.17) is 27.9 Å². The Morgan fingerprint density at radius 2 is 1.87 bits per heavy atom. The Bertz CT molecular complexity index is 702. The highest BCUT2D eigenvalue weighted by Crippen LogP contribution is 2.46. The van der Waals surface area contributed by atoms with Crippen LogP contribution in [-0.2, 0) is 16.9 Å². The van der Waals surface area contributed by atoms with Gasteiger partial charge in [0.1, 0.15) is 5.60 Å². The van der Waals surface area contributed by atoms with Crippen LogP contribution in [0.4, 0.5) is 0 Å². The average Bonchev–Trinajstić information content (AvgIpc) is 2.90. The number of hydrogen-bond donors (Lipinski definition) is 0. The molecule has 0 bridgehead atoms. The second-order valence-corrected chi connectivity index (χ2v) is 7.12. The lowest BCUT2D eigenvalue weighted by Gasteiger charge is -2.31. The minimum atomic E-state index is -0.430. The van der Waals surface area contributed by atoms with Crippen LogP contribution in [0.25, 0.3) is 0 Å². The van der Waals surface area contributed by atoms with E-state index in [1.165, 1.54) is 11.1 Å². The van der Waals surface area contributed by atoms with Gasteiger partial charge in [0.2, 0.25) is 0 Å². The molecule has 2 aromatic rings. The molecule has 1 aliphatic heterocycles. The van der Waals surface area contributed by atoms with Crippen LogP contribution in [-0.4, -0.2) is 25.5 Å². The van der Waals surface area contributed by atoms with E-state index < -0.39 is 5.60 Å². The molecular weight excluding hydrogens is 329 g/mol. The van der Waals surface area contributed by atoms with Gasteiger partial charge in [-0.2, -0.15) is 0 Å². The van der Waals surface area contributed by atoms with E-state index in [2.05, 4.69) is 43.3 Å². The van der Waals surface area contributed by atoms with E-state index in [9.17, 15) is 0 Å². The molecule has 0 radical (unpaired) electrons. The number of halogens is 2. The lowest BCUT2D eigenvalue weighted by atomic mass is 9.82. The standard InChI is InChI=1S/C19H21Cl2NO/c1-22(2)11-5-10-19(15-8-9-17(20)18(21)12-15)16-7-4-3-6-14(16)13-23-19/h3-4,6-9,12H,5,10-11,13H2,1-2H3. The molecule has 0 amide bonds. The maximum atomic E-state index is 6.35. The van der Waals surface area contributed by atoms with Crippen LogP contribution in [0.2, 0.25) is 10.0 Å². The van der Waals surface area contributed by atoms with Crippen LogP contribution in [0.3, 0.4) is 0 Å². The van der Waals surface area contributed by atoms with Gasteiger partial charge in [-0.15, -0.1) is 0 Å². The Morgan fingerprint density at radius 1 is 1.09 bits per heavy atom. The summed E-state index contributed by atoms with van der Waals surface area (Å²) in [7, 11) is 4.19. The zero-order valence-corrected chi connectivity index (χ0v) is 15.0. The highest BCUT2D eigenvalue weighted by molar-refractivity contribution is 6.42. The molecule has 3 rings (SSSR count). The maximum absolute atomic E-state index is 6.35. The van der Waals surface area contributed by atoms with Crippen LogP contribution in [0, 0.1) is 0 Å². The average molecular weight is 350 g/mol. The molecule has 0 aromatic heterocycles. The number of hydrogen-bond acceptors (Lipinski definition) is 2. The first-order chi connectivity index (χ1) is 11.0. The minimum Gasteiger partial charge on any atom is -0.361 e. The van der Waals surface area contributed by atoms with Crippen molar-refractivity contribution < 1.29 is 4.74 Å². The molecule has 0 N–H and O–H groups in total. The fraction of sp³-hybridized carbons (Fsp3) is 0.368. The first-order valence-electron chi connectivity index (χ1n) is 7.85. The van der Waals surface area contributed by atoms with Crippen molar-refractivity contribution >= 4 is 23.2 Å². The molecular formula is C19H21Cl2NO. The molecule has 0 spiro atoms. The molecule has 1 heterocycles. The maximum Gasteiger partial charge on any atom is 0.119 e. The van der Waals surface area contributed by atoms with Gasteiger partial charge in [-0.3, -0.25) is 0 Å². The quantitative estimate of drug-likeness (QED) is 0.743. The summed E-state index contributed by atoms with van der Waals surface area (Å²) >= 11 is 12.4. The van der Waals surface area contributed by atoms with Crippen LogP contribution < -0.4 is 0 Å². The fourth-order valence-corrected chi connectivity index (χ4v) is 3.60. The van der Waals surface area contributed by atoms with Gasteiger partial charge >= 0.3 is 0 Å². The normalized spacial score (nSPS) is 20.0. The van der Waals surface area contributed by atoms with Crippen LogP contribution in [0.5, 0.6) is 0 Å².